The van der Waals surface area contributed by atoms with E-state index < -0.39 is 0 Å². The van der Waals surface area contributed by atoms with Crippen LogP contribution in [0.3, 0.4) is 0 Å². The second-order valence-corrected chi connectivity index (χ2v) is 7.87. The van der Waals surface area contributed by atoms with Gasteiger partial charge in [-0.05, 0) is 36.1 Å². The molecule has 0 spiro atoms. The number of thiocarbonyl (C=S) groups is 1. The highest BCUT2D eigenvalue weighted by Gasteiger charge is 2.33. The molecule has 1 fully saturated rings. The second kappa shape index (κ2) is 8.86. The van der Waals surface area contributed by atoms with Crippen LogP contribution in [-0.2, 0) is 4.79 Å². The van der Waals surface area contributed by atoms with Crippen molar-refractivity contribution in [2.45, 2.75) is 39.5 Å². The Bertz CT molecular complexity index is 598. The van der Waals surface area contributed by atoms with Crippen LogP contribution in [0.1, 0.15) is 45.1 Å². The van der Waals surface area contributed by atoms with E-state index in [9.17, 15) is 4.79 Å². The molecule has 1 heterocycles. The molecule has 23 heavy (non-hydrogen) atoms. The summed E-state index contributed by atoms with van der Waals surface area (Å²) in [6, 6.07) is 7.47. The van der Waals surface area contributed by atoms with Crippen molar-refractivity contribution in [3.8, 4) is 0 Å². The molecular weight excluding hydrogens is 346 g/mol. The molecule has 1 saturated heterocycles. The van der Waals surface area contributed by atoms with Gasteiger partial charge in [-0.1, -0.05) is 80.8 Å². The number of rotatable bonds is 7. The number of benzene rings is 1. The van der Waals surface area contributed by atoms with E-state index in [1.165, 1.54) is 24.6 Å². The summed E-state index contributed by atoms with van der Waals surface area (Å²) in [5, 5.41) is 0.691. The number of thioether (sulfide) groups is 1. The van der Waals surface area contributed by atoms with Gasteiger partial charge in [0.25, 0.3) is 5.91 Å². The molecule has 0 unspecified atom stereocenters. The zero-order valence-corrected chi connectivity index (χ0v) is 15.9. The van der Waals surface area contributed by atoms with E-state index >= 15 is 0 Å². The maximum absolute atomic E-state index is 12.6. The van der Waals surface area contributed by atoms with Crippen LogP contribution >= 0.6 is 35.6 Å². The molecule has 124 valence electrons. The molecule has 0 bridgehead atoms. The topological polar surface area (TPSA) is 20.3 Å². The first kappa shape index (κ1) is 18.5. The van der Waals surface area contributed by atoms with Crippen LogP contribution in [-0.4, -0.2) is 21.7 Å². The van der Waals surface area contributed by atoms with Gasteiger partial charge in [-0.2, -0.15) is 0 Å². The first-order chi connectivity index (χ1) is 11.0. The monoisotopic (exact) mass is 367 g/mol. The fraction of sp³-hybridized carbons (Fsp3) is 0.444. The predicted octanol–water partition coefficient (Wildman–Crippen LogP) is 5.76. The maximum atomic E-state index is 12.6. The van der Waals surface area contributed by atoms with E-state index in [4.69, 9.17) is 23.8 Å². The van der Waals surface area contributed by atoms with Gasteiger partial charge < -0.3 is 0 Å². The van der Waals surface area contributed by atoms with Crippen molar-refractivity contribution in [3.05, 3.63) is 39.8 Å². The highest BCUT2D eigenvalue weighted by atomic mass is 35.5. The summed E-state index contributed by atoms with van der Waals surface area (Å²) < 4.78 is 0.671. The summed E-state index contributed by atoms with van der Waals surface area (Å²) in [6.07, 6.45) is 6.51. The lowest BCUT2D eigenvalue weighted by Gasteiger charge is -2.21. The Morgan fingerprint density at radius 1 is 1.30 bits per heavy atom. The molecule has 0 N–H and O–H groups in total. The van der Waals surface area contributed by atoms with Crippen molar-refractivity contribution < 1.29 is 4.79 Å². The molecule has 0 aromatic heterocycles. The van der Waals surface area contributed by atoms with E-state index in [0.717, 1.165) is 24.9 Å². The third-order valence-electron chi connectivity index (χ3n) is 4.03. The first-order valence-corrected chi connectivity index (χ1v) is 9.66. The number of amides is 1. The third-order valence-corrected chi connectivity index (χ3v) is 5.66. The number of halogens is 1. The normalized spacial score (nSPS) is 18.0. The molecule has 0 saturated carbocycles. The summed E-state index contributed by atoms with van der Waals surface area (Å²) >= 11 is 12.7. The molecule has 2 rings (SSSR count). The molecule has 0 aliphatic carbocycles. The number of nitrogens with zero attached hydrogens (tertiary/aromatic N) is 1. The Labute approximate surface area is 153 Å². The molecule has 5 heteroatoms. The quantitative estimate of drug-likeness (QED) is 0.451. The molecule has 0 radical (unpaired) electrons. The lowest BCUT2D eigenvalue weighted by molar-refractivity contribution is -0.122. The SMILES string of the molecule is CCCC[C@@H](CC)CN1C(=O)/C(=C/c2ccc(Cl)cc2)SC1=S. The van der Waals surface area contributed by atoms with Gasteiger partial charge in [0.15, 0.2) is 0 Å². The van der Waals surface area contributed by atoms with Crippen LogP contribution in [0.2, 0.25) is 5.02 Å². The molecule has 1 aliphatic rings. The van der Waals surface area contributed by atoms with E-state index in [1.54, 1.807) is 4.90 Å². The number of hydrogen-bond acceptors (Lipinski definition) is 3. The zero-order valence-electron chi connectivity index (χ0n) is 13.5. The predicted molar refractivity (Wildman–Crippen MR) is 105 cm³/mol. The third kappa shape index (κ3) is 5.07. The van der Waals surface area contributed by atoms with Crippen LogP contribution in [0.15, 0.2) is 29.2 Å². The molecule has 1 amide bonds. The fourth-order valence-electron chi connectivity index (χ4n) is 2.54. The Balaban J connectivity index is 2.08. The van der Waals surface area contributed by atoms with Crippen molar-refractivity contribution >= 4 is 51.9 Å². The number of hydrogen-bond donors (Lipinski definition) is 0. The van der Waals surface area contributed by atoms with Gasteiger partial charge >= 0.3 is 0 Å². The lowest BCUT2D eigenvalue weighted by atomic mass is 9.99. The number of carbonyl (C=O) groups is 1. The van der Waals surface area contributed by atoms with Crippen LogP contribution < -0.4 is 0 Å². The van der Waals surface area contributed by atoms with E-state index in [1.807, 2.05) is 30.3 Å². The van der Waals surface area contributed by atoms with Crippen LogP contribution in [0, 0.1) is 5.92 Å². The lowest BCUT2D eigenvalue weighted by Crippen LogP contribution is -2.33. The van der Waals surface area contributed by atoms with Crippen LogP contribution in [0.25, 0.3) is 6.08 Å². The van der Waals surface area contributed by atoms with Gasteiger partial charge in [0.2, 0.25) is 0 Å². The van der Waals surface area contributed by atoms with Crippen LogP contribution in [0.4, 0.5) is 0 Å². The zero-order chi connectivity index (χ0) is 16.8. The molecular formula is C18H22ClNOS2. The molecule has 1 aromatic rings. The average molecular weight is 368 g/mol. The van der Waals surface area contributed by atoms with Crippen molar-refractivity contribution in [3.63, 3.8) is 0 Å². The van der Waals surface area contributed by atoms with Crippen molar-refractivity contribution in [1.82, 2.24) is 4.90 Å². The van der Waals surface area contributed by atoms with Crippen LogP contribution in [0.5, 0.6) is 0 Å². The minimum absolute atomic E-state index is 0.0323. The van der Waals surface area contributed by atoms with Crippen molar-refractivity contribution in [1.29, 1.82) is 0 Å². The van der Waals surface area contributed by atoms with E-state index in [0.29, 0.717) is 20.2 Å². The Hall–Kier alpha value is -0.840. The maximum Gasteiger partial charge on any atom is 0.266 e. The molecule has 1 aliphatic heterocycles. The van der Waals surface area contributed by atoms with Gasteiger partial charge in [0.05, 0.1) is 4.91 Å². The minimum Gasteiger partial charge on any atom is -0.293 e. The minimum atomic E-state index is 0.0323. The molecule has 2 nitrogen and oxygen atoms in total. The average Bonchev–Trinajstić information content (AvgIpc) is 2.80. The Morgan fingerprint density at radius 3 is 2.61 bits per heavy atom. The largest absolute Gasteiger partial charge is 0.293 e. The van der Waals surface area contributed by atoms with Gasteiger partial charge in [-0.3, -0.25) is 9.69 Å². The standard InChI is InChI=1S/C18H22ClNOS2/c1-3-5-6-13(4-2)12-20-17(21)16(23-18(20)22)11-14-7-9-15(19)10-8-14/h7-11,13H,3-6,12H2,1-2H3/b16-11-/t13-/m1/s1. The highest BCUT2D eigenvalue weighted by Crippen LogP contribution is 2.34. The summed E-state index contributed by atoms with van der Waals surface area (Å²) in [5.74, 6) is 0.553. The fourth-order valence-corrected chi connectivity index (χ4v) is 3.94. The smallest absolute Gasteiger partial charge is 0.266 e. The Morgan fingerprint density at radius 2 is 2.00 bits per heavy atom. The number of carbonyl (C=O) groups excluding carboxylic acids is 1. The Kier molecular flexibility index (Phi) is 7.12. The first-order valence-electron chi connectivity index (χ1n) is 8.06. The van der Waals surface area contributed by atoms with Gasteiger partial charge in [0, 0.05) is 11.6 Å². The van der Waals surface area contributed by atoms with E-state index in [-0.39, 0.29) is 5.91 Å². The summed E-state index contributed by atoms with van der Waals surface area (Å²) in [7, 11) is 0. The summed E-state index contributed by atoms with van der Waals surface area (Å²) in [4.78, 5) is 15.1. The highest BCUT2D eigenvalue weighted by molar-refractivity contribution is 8.26. The molecule has 1 atom stereocenters. The second-order valence-electron chi connectivity index (χ2n) is 5.76. The summed E-state index contributed by atoms with van der Waals surface area (Å²) in [6.45, 7) is 5.11. The van der Waals surface area contributed by atoms with E-state index in [2.05, 4.69) is 13.8 Å². The van der Waals surface area contributed by atoms with Gasteiger partial charge in [-0.25, -0.2) is 0 Å². The summed E-state index contributed by atoms with van der Waals surface area (Å²) in [5.41, 5.74) is 0.966. The number of unbranched alkanes of at least 4 members (excludes halogenated alkanes) is 1. The van der Waals surface area contributed by atoms with Gasteiger partial charge in [0.1, 0.15) is 4.32 Å². The van der Waals surface area contributed by atoms with Crippen molar-refractivity contribution in [2.75, 3.05) is 6.54 Å². The van der Waals surface area contributed by atoms with Gasteiger partial charge in [-0.15, -0.1) is 0 Å². The van der Waals surface area contributed by atoms with Crippen molar-refractivity contribution in [2.24, 2.45) is 5.92 Å². The molecule has 1 aromatic carbocycles.